The molecule has 0 N–H and O–H groups in total. The van der Waals surface area contributed by atoms with Crippen molar-refractivity contribution in [3.8, 4) is 0 Å². The van der Waals surface area contributed by atoms with Crippen molar-refractivity contribution in [2.75, 3.05) is 0 Å². The van der Waals surface area contributed by atoms with Crippen molar-refractivity contribution < 1.29 is 0 Å². The van der Waals surface area contributed by atoms with Crippen LogP contribution < -0.4 is 5.30 Å². The lowest BCUT2D eigenvalue weighted by molar-refractivity contribution is 0.563. The molecule has 0 saturated carbocycles. The highest BCUT2D eigenvalue weighted by molar-refractivity contribution is 7.27. The quantitative estimate of drug-likeness (QED) is 0.626. The van der Waals surface area contributed by atoms with Crippen molar-refractivity contribution in [2.45, 2.75) is 45.4 Å². The number of benzene rings is 1. The lowest BCUT2D eigenvalue weighted by Crippen LogP contribution is -2.07. The Bertz CT molecular complexity index is 262. The molecule has 0 saturated heterocycles. The number of rotatable bonds is 5. The minimum absolute atomic E-state index is 0.707. The summed E-state index contributed by atoms with van der Waals surface area (Å²) in [4.78, 5) is 0. The normalized spacial score (nSPS) is 10.9. The summed E-state index contributed by atoms with van der Waals surface area (Å²) in [5, 5.41) is 1.15. The molecule has 76 valence electrons. The second-order valence-electron chi connectivity index (χ2n) is 3.83. The van der Waals surface area contributed by atoms with Gasteiger partial charge in [-0.15, -0.1) is 0 Å². The molecule has 1 aromatic carbocycles. The predicted molar refractivity (Wildman–Crippen MR) is 65.6 cm³/mol. The van der Waals surface area contributed by atoms with Gasteiger partial charge in [0, 0.05) is 0 Å². The molecule has 0 aliphatic carbocycles. The lowest BCUT2D eigenvalue weighted by atomic mass is 9.90. The zero-order valence-corrected chi connectivity index (χ0v) is 10.1. The second-order valence-corrected chi connectivity index (χ2v) is 4.31. The van der Waals surface area contributed by atoms with E-state index < -0.39 is 0 Å². The molecule has 0 spiro atoms. The van der Waals surface area contributed by atoms with E-state index >= 15 is 0 Å². The Morgan fingerprint density at radius 2 is 1.64 bits per heavy atom. The average molecular weight is 206 g/mol. The molecule has 1 aromatic rings. The lowest BCUT2D eigenvalue weighted by Gasteiger charge is -2.17. The molecule has 0 aliphatic rings. The van der Waals surface area contributed by atoms with Gasteiger partial charge in [-0.1, -0.05) is 51.0 Å². The first-order chi connectivity index (χ1) is 6.79. The van der Waals surface area contributed by atoms with E-state index in [0.717, 1.165) is 5.30 Å². The van der Waals surface area contributed by atoms with E-state index in [0.29, 0.717) is 5.92 Å². The molecule has 0 fully saturated rings. The first-order valence-electron chi connectivity index (χ1n) is 5.57. The van der Waals surface area contributed by atoms with E-state index in [4.69, 9.17) is 0 Å². The smallest absolute Gasteiger partial charge is 0.00532 e. The minimum Gasteiger partial charge on any atom is -0.0654 e. The summed E-state index contributed by atoms with van der Waals surface area (Å²) in [7, 11) is 4.52. The minimum atomic E-state index is 0.707. The second kappa shape index (κ2) is 6.19. The third-order valence-corrected chi connectivity index (χ3v) is 3.06. The summed E-state index contributed by atoms with van der Waals surface area (Å²) in [6, 6.07) is 8.49. The van der Waals surface area contributed by atoms with Crippen molar-refractivity contribution in [3.05, 3.63) is 29.8 Å². The molecular weight excluding hydrogens is 187 g/mol. The maximum absolute atomic E-state index is 4.52. The van der Waals surface area contributed by atoms with Crippen LogP contribution in [0.2, 0.25) is 0 Å². The van der Waals surface area contributed by atoms with Crippen molar-refractivity contribution in [1.82, 2.24) is 0 Å². The summed E-state index contributed by atoms with van der Waals surface area (Å²) >= 11 is 0. The van der Waals surface area contributed by atoms with E-state index in [1.165, 1.54) is 31.2 Å². The summed E-state index contributed by atoms with van der Waals surface area (Å²) < 4.78 is 0. The first kappa shape index (κ1) is 11.7. The van der Waals surface area contributed by atoms with E-state index in [-0.39, 0.29) is 0 Å². The maximum Gasteiger partial charge on any atom is -0.00532 e. The third kappa shape index (κ3) is 3.10. The zero-order chi connectivity index (χ0) is 10.4. The standard InChI is InChI=1S/C13H19P/c1-3-7-11(8-4-2)12-9-5-6-10-13(12)14/h5-6,9-11H,3-4,7-8H2,1-2H3. The van der Waals surface area contributed by atoms with Gasteiger partial charge < -0.3 is 0 Å². The van der Waals surface area contributed by atoms with E-state index in [2.05, 4.69) is 47.4 Å². The van der Waals surface area contributed by atoms with Gasteiger partial charge in [0.05, 0.1) is 0 Å². The fraction of sp³-hybridized carbons (Fsp3) is 0.538. The van der Waals surface area contributed by atoms with Gasteiger partial charge in [0.15, 0.2) is 0 Å². The molecule has 1 rings (SSSR count). The van der Waals surface area contributed by atoms with Crippen LogP contribution in [0.25, 0.3) is 0 Å². The first-order valence-corrected chi connectivity index (χ1v) is 6.02. The fourth-order valence-electron chi connectivity index (χ4n) is 1.99. The molecule has 0 bridgehead atoms. The highest BCUT2D eigenvalue weighted by atomic mass is 31.0. The van der Waals surface area contributed by atoms with Gasteiger partial charge in [-0.2, -0.15) is 0 Å². The maximum atomic E-state index is 4.52. The van der Waals surface area contributed by atoms with E-state index in [9.17, 15) is 0 Å². The molecular formula is C13H19P. The van der Waals surface area contributed by atoms with Crippen LogP contribution >= 0.6 is 9.24 Å². The van der Waals surface area contributed by atoms with Crippen LogP contribution in [0.3, 0.4) is 0 Å². The number of hydrogen-bond acceptors (Lipinski definition) is 0. The Morgan fingerprint density at radius 3 is 2.14 bits per heavy atom. The zero-order valence-electron chi connectivity index (χ0n) is 9.16. The predicted octanol–water partition coefficient (Wildman–Crippen LogP) is 4.41. The van der Waals surface area contributed by atoms with Crippen molar-refractivity contribution >= 4 is 14.5 Å². The highest BCUT2D eigenvalue weighted by Crippen LogP contribution is 2.25. The Balaban J connectivity index is 2.81. The van der Waals surface area contributed by atoms with Gasteiger partial charge in [-0.3, -0.25) is 0 Å². The van der Waals surface area contributed by atoms with Gasteiger partial charge in [0.1, 0.15) is 0 Å². The molecule has 1 heteroatoms. The van der Waals surface area contributed by atoms with Crippen LogP contribution in [-0.2, 0) is 0 Å². The SMILES string of the molecule is CCCC(CCC)c1ccccc1[P]. The van der Waals surface area contributed by atoms with Crippen LogP contribution in [0.15, 0.2) is 24.3 Å². The van der Waals surface area contributed by atoms with Crippen LogP contribution in [0.1, 0.15) is 51.0 Å². The largest absolute Gasteiger partial charge is 0.0654 e. The topological polar surface area (TPSA) is 0 Å². The summed E-state index contributed by atoms with van der Waals surface area (Å²) in [5.41, 5.74) is 1.43. The number of hydrogen-bond donors (Lipinski definition) is 0. The fourth-order valence-corrected chi connectivity index (χ4v) is 2.33. The molecule has 14 heavy (non-hydrogen) atoms. The van der Waals surface area contributed by atoms with Crippen LogP contribution in [0.5, 0.6) is 0 Å². The molecule has 0 atom stereocenters. The van der Waals surface area contributed by atoms with Crippen molar-refractivity contribution in [1.29, 1.82) is 0 Å². The van der Waals surface area contributed by atoms with Crippen LogP contribution in [0.4, 0.5) is 0 Å². The molecule has 0 nitrogen and oxygen atoms in total. The molecule has 2 radical (unpaired) electrons. The van der Waals surface area contributed by atoms with Crippen LogP contribution in [0, 0.1) is 0 Å². The van der Waals surface area contributed by atoms with E-state index in [1.54, 1.807) is 0 Å². The summed E-state index contributed by atoms with van der Waals surface area (Å²) in [6.45, 7) is 4.51. The Morgan fingerprint density at radius 1 is 1.07 bits per heavy atom. The monoisotopic (exact) mass is 206 g/mol. The Hall–Kier alpha value is -0.350. The van der Waals surface area contributed by atoms with Gasteiger partial charge in [-0.05, 0) is 38.9 Å². The van der Waals surface area contributed by atoms with Crippen molar-refractivity contribution in [2.24, 2.45) is 0 Å². The molecule has 0 aliphatic heterocycles. The third-order valence-electron chi connectivity index (χ3n) is 2.65. The summed E-state index contributed by atoms with van der Waals surface area (Å²) in [6.07, 6.45) is 5.08. The van der Waals surface area contributed by atoms with Gasteiger partial charge >= 0.3 is 0 Å². The van der Waals surface area contributed by atoms with Gasteiger partial charge in [0.2, 0.25) is 0 Å². The Labute approximate surface area is 90.3 Å². The Kier molecular flexibility index (Phi) is 5.19. The van der Waals surface area contributed by atoms with Crippen molar-refractivity contribution in [3.63, 3.8) is 0 Å². The average Bonchev–Trinajstić information content (AvgIpc) is 2.18. The van der Waals surface area contributed by atoms with Gasteiger partial charge in [-0.25, -0.2) is 0 Å². The van der Waals surface area contributed by atoms with Gasteiger partial charge in [0.25, 0.3) is 0 Å². The molecule has 0 unspecified atom stereocenters. The van der Waals surface area contributed by atoms with Crippen LogP contribution in [-0.4, -0.2) is 0 Å². The molecule has 0 heterocycles. The summed E-state index contributed by atoms with van der Waals surface area (Å²) in [5.74, 6) is 0.707. The molecule has 0 aromatic heterocycles. The molecule has 0 amide bonds. The highest BCUT2D eigenvalue weighted by Gasteiger charge is 2.11. The van der Waals surface area contributed by atoms with E-state index in [1.807, 2.05) is 0 Å².